The van der Waals surface area contributed by atoms with Gasteiger partial charge in [0.25, 0.3) is 0 Å². The van der Waals surface area contributed by atoms with Crippen molar-refractivity contribution in [2.24, 2.45) is 5.73 Å². The molecule has 0 saturated carbocycles. The van der Waals surface area contributed by atoms with Gasteiger partial charge in [0, 0.05) is 19.3 Å². The third-order valence-corrected chi connectivity index (χ3v) is 2.82. The molecule has 0 amide bonds. The van der Waals surface area contributed by atoms with Gasteiger partial charge < -0.3 is 10.5 Å². The average molecular weight is 235 g/mol. The third-order valence-electron chi connectivity index (χ3n) is 2.82. The average Bonchev–Trinajstić information content (AvgIpc) is 2.38. The molecule has 0 bridgehead atoms. The molecular weight excluding hydrogens is 214 g/mol. The van der Waals surface area contributed by atoms with Crippen LogP contribution < -0.4 is 5.73 Å². The number of aryl methyl sites for hydroxylation is 1. The maximum absolute atomic E-state index is 12.0. The van der Waals surface area contributed by atoms with E-state index in [2.05, 4.69) is 6.92 Å². The minimum atomic E-state index is -0.419. The number of hydrogen-bond acceptors (Lipinski definition) is 3. The second-order valence-corrected chi connectivity index (χ2v) is 4.16. The molecule has 1 rings (SSSR count). The van der Waals surface area contributed by atoms with Crippen LogP contribution in [0.25, 0.3) is 0 Å². The van der Waals surface area contributed by atoms with E-state index in [1.165, 1.54) is 5.56 Å². The molecule has 0 aliphatic carbocycles. The quantitative estimate of drug-likeness (QED) is 0.582. The Hall–Kier alpha value is -1.19. The molecule has 0 saturated heterocycles. The summed E-state index contributed by atoms with van der Waals surface area (Å²) in [6, 6.07) is 7.27. The molecule has 94 valence electrons. The van der Waals surface area contributed by atoms with Gasteiger partial charge in [-0.15, -0.1) is 0 Å². The van der Waals surface area contributed by atoms with Gasteiger partial charge >= 0.3 is 0 Å². The summed E-state index contributed by atoms with van der Waals surface area (Å²) in [7, 11) is 1.65. The number of ketones is 1. The fourth-order valence-corrected chi connectivity index (χ4v) is 1.74. The Morgan fingerprint density at radius 3 is 2.88 bits per heavy atom. The van der Waals surface area contributed by atoms with Gasteiger partial charge in [-0.1, -0.05) is 25.1 Å². The molecule has 1 aromatic carbocycles. The van der Waals surface area contributed by atoms with Crippen LogP contribution in [0.5, 0.6) is 0 Å². The maximum atomic E-state index is 12.0. The SMILES string of the molecule is CCc1cccc(C(=O)C(N)CCCOC)c1. The number of benzene rings is 1. The summed E-state index contributed by atoms with van der Waals surface area (Å²) in [6.45, 7) is 2.72. The van der Waals surface area contributed by atoms with Crippen molar-refractivity contribution in [3.8, 4) is 0 Å². The summed E-state index contributed by atoms with van der Waals surface area (Å²) in [5, 5.41) is 0. The van der Waals surface area contributed by atoms with Gasteiger partial charge in [-0.25, -0.2) is 0 Å². The van der Waals surface area contributed by atoms with Gasteiger partial charge in [0.05, 0.1) is 6.04 Å². The maximum Gasteiger partial charge on any atom is 0.179 e. The van der Waals surface area contributed by atoms with E-state index in [-0.39, 0.29) is 5.78 Å². The normalized spacial score (nSPS) is 12.4. The molecule has 3 heteroatoms. The molecule has 0 aliphatic rings. The summed E-state index contributed by atoms with van der Waals surface area (Å²) in [5.74, 6) is 0.0244. The number of nitrogens with two attached hydrogens (primary N) is 1. The first-order chi connectivity index (χ1) is 8.19. The van der Waals surface area contributed by atoms with Crippen molar-refractivity contribution in [3.05, 3.63) is 35.4 Å². The lowest BCUT2D eigenvalue weighted by Gasteiger charge is -2.10. The van der Waals surface area contributed by atoms with E-state index in [1.54, 1.807) is 7.11 Å². The fourth-order valence-electron chi connectivity index (χ4n) is 1.74. The molecule has 0 aliphatic heterocycles. The molecule has 0 fully saturated rings. The zero-order valence-electron chi connectivity index (χ0n) is 10.6. The first-order valence-corrected chi connectivity index (χ1v) is 6.06. The molecule has 3 nitrogen and oxygen atoms in total. The van der Waals surface area contributed by atoms with Gasteiger partial charge in [-0.05, 0) is 30.9 Å². The van der Waals surface area contributed by atoms with Crippen LogP contribution in [-0.2, 0) is 11.2 Å². The summed E-state index contributed by atoms with van der Waals surface area (Å²) in [6.07, 6.45) is 2.42. The Kier molecular flexibility index (Phi) is 5.87. The minimum absolute atomic E-state index is 0.0244. The first-order valence-electron chi connectivity index (χ1n) is 6.06. The van der Waals surface area contributed by atoms with Crippen LogP contribution in [-0.4, -0.2) is 25.5 Å². The van der Waals surface area contributed by atoms with E-state index >= 15 is 0 Å². The predicted octanol–water partition coefficient (Wildman–Crippen LogP) is 2.19. The lowest BCUT2D eigenvalue weighted by atomic mass is 9.99. The van der Waals surface area contributed by atoms with Crippen LogP contribution in [0.3, 0.4) is 0 Å². The van der Waals surface area contributed by atoms with Crippen LogP contribution in [0.4, 0.5) is 0 Å². The Bertz CT molecular complexity index is 363. The monoisotopic (exact) mass is 235 g/mol. The highest BCUT2D eigenvalue weighted by Crippen LogP contribution is 2.10. The second kappa shape index (κ2) is 7.20. The predicted molar refractivity (Wildman–Crippen MR) is 69.2 cm³/mol. The van der Waals surface area contributed by atoms with Crippen molar-refractivity contribution in [1.82, 2.24) is 0 Å². The summed E-state index contributed by atoms with van der Waals surface area (Å²) < 4.78 is 4.95. The molecule has 0 heterocycles. The molecule has 1 unspecified atom stereocenters. The molecule has 0 aromatic heterocycles. The van der Waals surface area contributed by atoms with Crippen LogP contribution in [0.1, 0.15) is 35.7 Å². The number of carbonyl (C=O) groups excluding carboxylic acids is 1. The van der Waals surface area contributed by atoms with Crippen LogP contribution >= 0.6 is 0 Å². The van der Waals surface area contributed by atoms with Crippen molar-refractivity contribution in [1.29, 1.82) is 0 Å². The van der Waals surface area contributed by atoms with Crippen molar-refractivity contribution in [2.45, 2.75) is 32.2 Å². The molecular formula is C14H21NO2. The fraction of sp³-hybridized carbons (Fsp3) is 0.500. The molecule has 0 radical (unpaired) electrons. The third kappa shape index (κ3) is 4.29. The lowest BCUT2D eigenvalue weighted by molar-refractivity contribution is 0.0950. The van der Waals surface area contributed by atoms with E-state index in [4.69, 9.17) is 10.5 Å². The van der Waals surface area contributed by atoms with E-state index < -0.39 is 6.04 Å². The first kappa shape index (κ1) is 13.9. The number of methoxy groups -OCH3 is 1. The van der Waals surface area contributed by atoms with E-state index in [0.29, 0.717) is 18.6 Å². The number of rotatable bonds is 7. The van der Waals surface area contributed by atoms with Crippen molar-refractivity contribution in [2.75, 3.05) is 13.7 Å². The van der Waals surface area contributed by atoms with Crippen LogP contribution in [0.2, 0.25) is 0 Å². The smallest absolute Gasteiger partial charge is 0.179 e. The topological polar surface area (TPSA) is 52.3 Å². The highest BCUT2D eigenvalue weighted by atomic mass is 16.5. The Morgan fingerprint density at radius 2 is 2.24 bits per heavy atom. The van der Waals surface area contributed by atoms with Crippen molar-refractivity contribution >= 4 is 5.78 Å². The standard InChI is InChI=1S/C14H21NO2/c1-3-11-6-4-7-12(10-11)14(16)13(15)8-5-9-17-2/h4,6-7,10,13H,3,5,8-9,15H2,1-2H3. The molecule has 0 spiro atoms. The highest BCUT2D eigenvalue weighted by Gasteiger charge is 2.15. The van der Waals surface area contributed by atoms with Crippen LogP contribution in [0.15, 0.2) is 24.3 Å². The lowest BCUT2D eigenvalue weighted by Crippen LogP contribution is -2.30. The Labute approximate surface area is 103 Å². The number of ether oxygens (including phenoxy) is 1. The second-order valence-electron chi connectivity index (χ2n) is 4.16. The van der Waals surface area contributed by atoms with Gasteiger partial charge in [0.1, 0.15) is 0 Å². The summed E-state index contributed by atoms with van der Waals surface area (Å²) in [5.41, 5.74) is 7.76. The number of hydrogen-bond donors (Lipinski definition) is 1. The van der Waals surface area contributed by atoms with E-state index in [9.17, 15) is 4.79 Å². The van der Waals surface area contributed by atoms with Gasteiger partial charge in [0.15, 0.2) is 5.78 Å². The molecule has 2 N–H and O–H groups in total. The minimum Gasteiger partial charge on any atom is -0.385 e. The zero-order chi connectivity index (χ0) is 12.7. The Balaban J connectivity index is 2.61. The summed E-state index contributed by atoms with van der Waals surface area (Å²) in [4.78, 5) is 12.0. The largest absolute Gasteiger partial charge is 0.385 e. The van der Waals surface area contributed by atoms with Crippen molar-refractivity contribution < 1.29 is 9.53 Å². The van der Waals surface area contributed by atoms with Crippen LogP contribution in [0, 0.1) is 0 Å². The molecule has 17 heavy (non-hydrogen) atoms. The van der Waals surface area contributed by atoms with Gasteiger partial charge in [0.2, 0.25) is 0 Å². The van der Waals surface area contributed by atoms with Gasteiger partial charge in [-0.2, -0.15) is 0 Å². The zero-order valence-corrected chi connectivity index (χ0v) is 10.6. The van der Waals surface area contributed by atoms with Gasteiger partial charge in [-0.3, -0.25) is 4.79 Å². The van der Waals surface area contributed by atoms with E-state index in [1.807, 2.05) is 24.3 Å². The Morgan fingerprint density at radius 1 is 1.47 bits per heavy atom. The molecule has 1 atom stereocenters. The van der Waals surface area contributed by atoms with Crippen molar-refractivity contribution in [3.63, 3.8) is 0 Å². The number of carbonyl (C=O) groups is 1. The molecule has 1 aromatic rings. The summed E-state index contributed by atoms with van der Waals surface area (Å²) >= 11 is 0. The van der Waals surface area contributed by atoms with E-state index in [0.717, 1.165) is 12.8 Å². The number of Topliss-reactive ketones (excluding diaryl/α,β-unsaturated/α-hetero) is 1. The highest BCUT2D eigenvalue weighted by molar-refractivity contribution is 6.00.